The summed E-state index contributed by atoms with van der Waals surface area (Å²) >= 11 is 0. The molecular weight excluding hydrogens is 446 g/mol. The van der Waals surface area contributed by atoms with Crippen LogP contribution >= 0.6 is 0 Å². The highest BCUT2D eigenvalue weighted by Gasteiger charge is 2.14. The molecule has 0 unspecified atom stereocenters. The van der Waals surface area contributed by atoms with Crippen LogP contribution in [0.3, 0.4) is 0 Å². The highest BCUT2D eigenvalue weighted by molar-refractivity contribution is 5.94. The molecule has 0 spiro atoms. The summed E-state index contributed by atoms with van der Waals surface area (Å²) in [6.07, 6.45) is 0. The number of hydrogen-bond acceptors (Lipinski definition) is 6. The average Bonchev–Trinajstić information content (AvgIpc) is 2.90. The molecule has 0 saturated heterocycles. The molecule has 0 heterocycles. The largest absolute Gasteiger partial charge is 0.348 e. The van der Waals surface area contributed by atoms with Crippen molar-refractivity contribution in [3.05, 3.63) is 108 Å². The molecule has 3 aromatic carbocycles. The quantitative estimate of drug-likeness (QED) is 0.138. The Morgan fingerprint density at radius 2 is 0.833 bits per heavy atom. The van der Waals surface area contributed by atoms with Gasteiger partial charge in [-0.15, -0.1) is 0 Å². The molecule has 0 aliphatic carbocycles. The normalized spacial score (nSPS) is 10.7. The SMILES string of the molecule is N=C(CNCc1ccccc1)CN(CC(=N)CNCc1ccccc1)C(=N)CNCc1ccccc1. The Hall–Kier alpha value is -3.65. The van der Waals surface area contributed by atoms with Crippen molar-refractivity contribution in [2.24, 2.45) is 0 Å². The molecule has 36 heavy (non-hydrogen) atoms. The van der Waals surface area contributed by atoms with Gasteiger partial charge in [-0.25, -0.2) is 0 Å². The molecule has 0 radical (unpaired) electrons. The first kappa shape index (κ1) is 26.9. The predicted molar refractivity (Wildman–Crippen MR) is 149 cm³/mol. The maximum atomic E-state index is 8.65. The van der Waals surface area contributed by atoms with Crippen molar-refractivity contribution in [1.29, 1.82) is 16.2 Å². The van der Waals surface area contributed by atoms with Crippen molar-refractivity contribution in [3.63, 3.8) is 0 Å². The lowest BCUT2D eigenvalue weighted by Crippen LogP contribution is -2.45. The first-order chi connectivity index (χ1) is 17.6. The molecule has 7 nitrogen and oxygen atoms in total. The maximum Gasteiger partial charge on any atom is 0.111 e. The van der Waals surface area contributed by atoms with Crippen LogP contribution in [0.15, 0.2) is 91.0 Å². The van der Waals surface area contributed by atoms with Gasteiger partial charge in [-0.2, -0.15) is 0 Å². The Morgan fingerprint density at radius 1 is 0.500 bits per heavy atom. The lowest BCUT2D eigenvalue weighted by molar-refractivity contribution is 0.509. The number of amidine groups is 1. The van der Waals surface area contributed by atoms with E-state index >= 15 is 0 Å². The first-order valence-electron chi connectivity index (χ1n) is 12.3. The van der Waals surface area contributed by atoms with E-state index in [1.54, 1.807) is 0 Å². The van der Waals surface area contributed by atoms with Gasteiger partial charge in [-0.05, 0) is 16.7 Å². The van der Waals surface area contributed by atoms with Gasteiger partial charge in [-0.1, -0.05) is 91.0 Å². The zero-order chi connectivity index (χ0) is 25.4. The Bertz CT molecular complexity index is 1010. The number of nitrogens with one attached hydrogen (secondary N) is 6. The van der Waals surface area contributed by atoms with Crippen molar-refractivity contribution in [3.8, 4) is 0 Å². The number of rotatable bonds is 16. The third kappa shape index (κ3) is 10.3. The molecule has 3 rings (SSSR count). The second-order valence-corrected chi connectivity index (χ2v) is 8.78. The summed E-state index contributed by atoms with van der Waals surface area (Å²) in [6.45, 7) is 3.94. The fourth-order valence-electron chi connectivity index (χ4n) is 3.76. The molecule has 0 fully saturated rings. The Morgan fingerprint density at radius 3 is 1.19 bits per heavy atom. The second-order valence-electron chi connectivity index (χ2n) is 8.78. The van der Waals surface area contributed by atoms with Crippen LogP contribution in [-0.2, 0) is 19.6 Å². The highest BCUT2D eigenvalue weighted by atomic mass is 15.2. The lowest BCUT2D eigenvalue weighted by Gasteiger charge is -2.26. The zero-order valence-corrected chi connectivity index (χ0v) is 20.8. The van der Waals surface area contributed by atoms with E-state index in [0.717, 1.165) is 5.56 Å². The first-order valence-corrected chi connectivity index (χ1v) is 12.3. The summed E-state index contributed by atoms with van der Waals surface area (Å²) in [7, 11) is 0. The predicted octanol–water partition coefficient (Wildman–Crippen LogP) is 3.67. The van der Waals surface area contributed by atoms with Crippen molar-refractivity contribution in [1.82, 2.24) is 20.9 Å². The van der Waals surface area contributed by atoms with Gasteiger partial charge in [0.1, 0.15) is 5.84 Å². The third-order valence-corrected chi connectivity index (χ3v) is 5.63. The van der Waals surface area contributed by atoms with Gasteiger partial charge >= 0.3 is 0 Å². The lowest BCUT2D eigenvalue weighted by atomic mass is 10.2. The van der Waals surface area contributed by atoms with Gasteiger partial charge in [0.25, 0.3) is 0 Å². The van der Waals surface area contributed by atoms with Gasteiger partial charge in [0.15, 0.2) is 0 Å². The van der Waals surface area contributed by atoms with Crippen LogP contribution in [0.4, 0.5) is 0 Å². The van der Waals surface area contributed by atoms with Crippen molar-refractivity contribution < 1.29 is 0 Å². The van der Waals surface area contributed by atoms with E-state index in [0.29, 0.717) is 69.6 Å². The van der Waals surface area contributed by atoms with Gasteiger partial charge in [0, 0.05) is 44.1 Å². The second kappa shape index (κ2) is 15.4. The summed E-state index contributed by atoms with van der Waals surface area (Å²) < 4.78 is 0. The van der Waals surface area contributed by atoms with E-state index in [1.165, 1.54) is 11.1 Å². The van der Waals surface area contributed by atoms with Gasteiger partial charge < -0.3 is 31.7 Å². The fourth-order valence-corrected chi connectivity index (χ4v) is 3.76. The summed E-state index contributed by atoms with van der Waals surface area (Å²) in [5.41, 5.74) is 4.48. The number of benzene rings is 3. The standard InChI is InChI=1S/C29H37N7/c30-27(19-33-16-24-10-4-1-5-11-24)22-36(29(32)21-35-18-26-14-8-3-9-15-26)23-28(31)20-34-17-25-12-6-2-7-13-25/h1-15,30-35H,16-23H2. The minimum atomic E-state index is 0.314. The topological polar surface area (TPSA) is 111 Å². The van der Waals surface area contributed by atoms with E-state index < -0.39 is 0 Å². The summed E-state index contributed by atoms with van der Waals surface area (Å²) in [4.78, 5) is 1.82. The fraction of sp³-hybridized carbons (Fsp3) is 0.276. The van der Waals surface area contributed by atoms with Crippen molar-refractivity contribution in [2.75, 3.05) is 32.7 Å². The molecule has 0 aliphatic heterocycles. The van der Waals surface area contributed by atoms with E-state index in [4.69, 9.17) is 16.2 Å². The molecule has 3 aromatic rings. The monoisotopic (exact) mass is 483 g/mol. The van der Waals surface area contributed by atoms with Crippen molar-refractivity contribution in [2.45, 2.75) is 19.6 Å². The molecule has 0 saturated carbocycles. The Kier molecular flexibility index (Phi) is 11.5. The van der Waals surface area contributed by atoms with E-state index in [2.05, 4.69) is 52.3 Å². The van der Waals surface area contributed by atoms with Crippen molar-refractivity contribution >= 4 is 17.3 Å². The number of nitrogens with zero attached hydrogens (tertiary/aromatic N) is 1. The maximum absolute atomic E-state index is 8.65. The molecule has 6 N–H and O–H groups in total. The van der Waals surface area contributed by atoms with Crippen LogP contribution in [0.25, 0.3) is 0 Å². The van der Waals surface area contributed by atoms with Crippen LogP contribution < -0.4 is 16.0 Å². The molecule has 0 atom stereocenters. The van der Waals surface area contributed by atoms with Crippen LogP contribution in [0.5, 0.6) is 0 Å². The molecule has 0 amide bonds. The minimum Gasteiger partial charge on any atom is -0.348 e. The minimum absolute atomic E-state index is 0.314. The van der Waals surface area contributed by atoms with Gasteiger partial charge in [0.2, 0.25) is 0 Å². The smallest absolute Gasteiger partial charge is 0.111 e. The molecule has 188 valence electrons. The Labute approximate surface area is 214 Å². The van der Waals surface area contributed by atoms with Gasteiger partial charge in [0.05, 0.1) is 19.6 Å². The summed E-state index contributed by atoms with van der Waals surface area (Å²) in [5, 5.41) is 35.6. The van der Waals surface area contributed by atoms with Crippen LogP contribution in [-0.4, -0.2) is 54.9 Å². The number of hydrogen-bond donors (Lipinski definition) is 6. The highest BCUT2D eigenvalue weighted by Crippen LogP contribution is 2.00. The van der Waals surface area contributed by atoms with Crippen LogP contribution in [0.2, 0.25) is 0 Å². The van der Waals surface area contributed by atoms with E-state index in [9.17, 15) is 0 Å². The molecular formula is C29H37N7. The summed E-state index contributed by atoms with van der Waals surface area (Å²) in [5.74, 6) is 0.381. The molecule has 0 aliphatic rings. The van der Waals surface area contributed by atoms with E-state index in [1.807, 2.05) is 59.5 Å². The Balaban J connectivity index is 1.49. The third-order valence-electron chi connectivity index (χ3n) is 5.63. The molecule has 7 heteroatoms. The molecule has 0 aromatic heterocycles. The zero-order valence-electron chi connectivity index (χ0n) is 20.8. The van der Waals surface area contributed by atoms with Crippen LogP contribution in [0.1, 0.15) is 16.7 Å². The van der Waals surface area contributed by atoms with E-state index in [-0.39, 0.29) is 0 Å². The average molecular weight is 484 g/mol. The van der Waals surface area contributed by atoms with Gasteiger partial charge in [-0.3, -0.25) is 5.41 Å². The molecule has 0 bridgehead atoms. The summed E-state index contributed by atoms with van der Waals surface area (Å²) in [6, 6.07) is 30.3. The van der Waals surface area contributed by atoms with Crippen LogP contribution in [0, 0.1) is 16.2 Å².